The highest BCUT2D eigenvalue weighted by atomic mass is 16.5. The predicted octanol–water partition coefficient (Wildman–Crippen LogP) is 1.31. The molecule has 2 N–H and O–H groups in total. The van der Waals surface area contributed by atoms with E-state index in [1.807, 2.05) is 13.8 Å². The molecule has 0 aromatic heterocycles. The van der Waals surface area contributed by atoms with Crippen molar-refractivity contribution >= 4 is 12.0 Å². The van der Waals surface area contributed by atoms with Crippen LogP contribution in [0.3, 0.4) is 0 Å². The lowest BCUT2D eigenvalue weighted by Crippen LogP contribution is -2.51. The molecule has 19 heavy (non-hydrogen) atoms. The van der Waals surface area contributed by atoms with Gasteiger partial charge in [0, 0.05) is 20.2 Å². The third-order valence-corrected chi connectivity index (χ3v) is 3.92. The monoisotopic (exact) mass is 272 g/mol. The first kappa shape index (κ1) is 15.8. The fraction of sp³-hybridized carbons (Fsp3) is 0.846. The van der Waals surface area contributed by atoms with Crippen LogP contribution in [0.2, 0.25) is 0 Å². The number of methoxy groups -OCH3 is 1. The van der Waals surface area contributed by atoms with Gasteiger partial charge in [0.2, 0.25) is 0 Å². The van der Waals surface area contributed by atoms with Gasteiger partial charge in [0.15, 0.2) is 0 Å². The number of aliphatic carboxylic acids is 1. The Balaban J connectivity index is 2.49. The lowest BCUT2D eigenvalue weighted by Gasteiger charge is -2.38. The van der Waals surface area contributed by atoms with E-state index in [2.05, 4.69) is 5.32 Å². The fourth-order valence-electron chi connectivity index (χ4n) is 2.45. The number of nitrogens with zero attached hydrogens (tertiary/aromatic N) is 1. The van der Waals surface area contributed by atoms with Crippen LogP contribution in [0.5, 0.6) is 0 Å². The lowest BCUT2D eigenvalue weighted by atomic mass is 9.76. The van der Waals surface area contributed by atoms with Crippen LogP contribution in [0, 0.1) is 5.41 Å². The zero-order valence-corrected chi connectivity index (χ0v) is 11.9. The first-order valence-corrected chi connectivity index (χ1v) is 6.73. The summed E-state index contributed by atoms with van der Waals surface area (Å²) in [6.45, 7) is 5.22. The van der Waals surface area contributed by atoms with Crippen LogP contribution in [-0.4, -0.2) is 54.9 Å². The van der Waals surface area contributed by atoms with Crippen LogP contribution in [0.1, 0.15) is 33.1 Å². The molecular formula is C13H24N2O4. The highest BCUT2D eigenvalue weighted by Crippen LogP contribution is 2.35. The standard InChI is InChI=1S/C13H24N2O4/c1-4-13(11(16)17)5-7-15(8-6-13)12(18)14-10(2)9-19-3/h10H,4-9H2,1-3H3,(H,14,18)(H,16,17). The molecular weight excluding hydrogens is 248 g/mol. The molecule has 1 saturated heterocycles. The summed E-state index contributed by atoms with van der Waals surface area (Å²) >= 11 is 0. The van der Waals surface area contributed by atoms with Gasteiger partial charge in [-0.15, -0.1) is 0 Å². The summed E-state index contributed by atoms with van der Waals surface area (Å²) in [6, 6.07) is -0.186. The van der Waals surface area contributed by atoms with Crippen LogP contribution < -0.4 is 5.32 Å². The Labute approximate surface area is 114 Å². The summed E-state index contributed by atoms with van der Waals surface area (Å²) in [6.07, 6.45) is 1.65. The fourth-order valence-corrected chi connectivity index (χ4v) is 2.45. The molecule has 1 unspecified atom stereocenters. The summed E-state index contributed by atoms with van der Waals surface area (Å²) in [7, 11) is 1.59. The van der Waals surface area contributed by atoms with Crippen molar-refractivity contribution in [3.63, 3.8) is 0 Å². The number of carboxylic acid groups (broad SMARTS) is 1. The van der Waals surface area contributed by atoms with Gasteiger partial charge in [-0.1, -0.05) is 6.92 Å². The highest BCUT2D eigenvalue weighted by molar-refractivity contribution is 5.77. The van der Waals surface area contributed by atoms with E-state index in [0.717, 1.165) is 0 Å². The number of piperidine rings is 1. The molecule has 2 amide bonds. The normalized spacial score (nSPS) is 19.8. The largest absolute Gasteiger partial charge is 0.481 e. The van der Waals surface area contributed by atoms with Crippen LogP contribution in [0.4, 0.5) is 4.79 Å². The predicted molar refractivity (Wildman–Crippen MR) is 71.0 cm³/mol. The van der Waals surface area contributed by atoms with E-state index in [9.17, 15) is 14.7 Å². The smallest absolute Gasteiger partial charge is 0.317 e. The number of ether oxygens (including phenoxy) is 1. The highest BCUT2D eigenvalue weighted by Gasteiger charge is 2.40. The maximum absolute atomic E-state index is 12.0. The first-order chi connectivity index (χ1) is 8.95. The number of hydrogen-bond acceptors (Lipinski definition) is 3. The van der Waals surface area contributed by atoms with E-state index in [1.54, 1.807) is 12.0 Å². The van der Waals surface area contributed by atoms with Gasteiger partial charge in [-0.05, 0) is 26.2 Å². The molecule has 6 heteroatoms. The topological polar surface area (TPSA) is 78.9 Å². The number of carboxylic acids is 1. The van der Waals surface area contributed by atoms with Crippen molar-refractivity contribution in [2.45, 2.75) is 39.2 Å². The summed E-state index contributed by atoms with van der Waals surface area (Å²) in [5, 5.41) is 12.1. The molecule has 1 fully saturated rings. The number of hydrogen-bond donors (Lipinski definition) is 2. The number of amides is 2. The Morgan fingerprint density at radius 3 is 2.42 bits per heavy atom. The second-order valence-corrected chi connectivity index (χ2v) is 5.23. The van der Waals surface area contributed by atoms with E-state index < -0.39 is 11.4 Å². The lowest BCUT2D eigenvalue weighted by molar-refractivity contribution is -0.151. The van der Waals surface area contributed by atoms with Crippen molar-refractivity contribution in [2.75, 3.05) is 26.8 Å². The second kappa shape index (κ2) is 6.75. The Morgan fingerprint density at radius 1 is 1.42 bits per heavy atom. The molecule has 0 radical (unpaired) electrons. The average molecular weight is 272 g/mol. The number of urea groups is 1. The van der Waals surface area contributed by atoms with Crippen molar-refractivity contribution in [1.82, 2.24) is 10.2 Å². The number of nitrogens with one attached hydrogen (secondary N) is 1. The molecule has 1 rings (SSSR count). The summed E-state index contributed by atoms with van der Waals surface area (Å²) in [5.41, 5.74) is -0.658. The van der Waals surface area contributed by atoms with Crippen LogP contribution in [0.25, 0.3) is 0 Å². The van der Waals surface area contributed by atoms with Crippen molar-refractivity contribution < 1.29 is 19.4 Å². The van der Waals surface area contributed by atoms with Crippen molar-refractivity contribution in [3.05, 3.63) is 0 Å². The molecule has 6 nitrogen and oxygen atoms in total. The molecule has 0 spiro atoms. The number of rotatable bonds is 5. The minimum atomic E-state index is -0.747. The second-order valence-electron chi connectivity index (χ2n) is 5.23. The van der Waals surface area contributed by atoms with Crippen LogP contribution in [-0.2, 0) is 9.53 Å². The zero-order chi connectivity index (χ0) is 14.5. The molecule has 1 aliphatic rings. The molecule has 0 saturated carbocycles. The average Bonchev–Trinajstić information content (AvgIpc) is 2.38. The van der Waals surface area contributed by atoms with E-state index in [0.29, 0.717) is 39.0 Å². The Kier molecular flexibility index (Phi) is 5.60. The third kappa shape index (κ3) is 3.83. The minimum Gasteiger partial charge on any atom is -0.481 e. The van der Waals surface area contributed by atoms with Crippen LogP contribution in [0.15, 0.2) is 0 Å². The van der Waals surface area contributed by atoms with Gasteiger partial charge in [-0.25, -0.2) is 4.79 Å². The SMILES string of the molecule is CCC1(C(=O)O)CCN(C(=O)NC(C)COC)CC1. The summed E-state index contributed by atoms with van der Waals surface area (Å²) in [5.74, 6) is -0.747. The van der Waals surface area contributed by atoms with Gasteiger partial charge in [-0.3, -0.25) is 4.79 Å². The minimum absolute atomic E-state index is 0.0465. The first-order valence-electron chi connectivity index (χ1n) is 6.73. The van der Waals surface area contributed by atoms with Crippen molar-refractivity contribution in [2.24, 2.45) is 5.41 Å². The molecule has 0 aromatic rings. The van der Waals surface area contributed by atoms with Gasteiger partial charge >= 0.3 is 12.0 Å². The summed E-state index contributed by atoms with van der Waals surface area (Å²) in [4.78, 5) is 25.0. The van der Waals surface area contributed by atoms with E-state index in [1.165, 1.54) is 0 Å². The Bertz CT molecular complexity index is 325. The quantitative estimate of drug-likeness (QED) is 0.791. The molecule has 0 aliphatic carbocycles. The Hall–Kier alpha value is -1.30. The molecule has 0 bridgehead atoms. The van der Waals surface area contributed by atoms with Gasteiger partial charge in [0.05, 0.1) is 18.1 Å². The van der Waals surface area contributed by atoms with Crippen LogP contribution >= 0.6 is 0 Å². The molecule has 1 heterocycles. The van der Waals surface area contributed by atoms with Crippen molar-refractivity contribution in [1.29, 1.82) is 0 Å². The van der Waals surface area contributed by atoms with Gasteiger partial charge in [0.1, 0.15) is 0 Å². The number of likely N-dealkylation sites (tertiary alicyclic amines) is 1. The zero-order valence-electron chi connectivity index (χ0n) is 11.9. The molecule has 110 valence electrons. The Morgan fingerprint density at radius 2 is 2.00 bits per heavy atom. The number of carbonyl (C=O) groups excluding carboxylic acids is 1. The maximum Gasteiger partial charge on any atom is 0.317 e. The van der Waals surface area contributed by atoms with Crippen molar-refractivity contribution in [3.8, 4) is 0 Å². The third-order valence-electron chi connectivity index (χ3n) is 3.92. The number of carbonyl (C=O) groups is 2. The maximum atomic E-state index is 12.0. The summed E-state index contributed by atoms with van der Waals surface area (Å²) < 4.78 is 4.96. The van der Waals surface area contributed by atoms with Gasteiger partial charge in [0.25, 0.3) is 0 Å². The molecule has 1 atom stereocenters. The van der Waals surface area contributed by atoms with E-state index in [-0.39, 0.29) is 12.1 Å². The van der Waals surface area contributed by atoms with E-state index in [4.69, 9.17) is 4.74 Å². The van der Waals surface area contributed by atoms with Gasteiger partial charge in [-0.2, -0.15) is 0 Å². The van der Waals surface area contributed by atoms with E-state index >= 15 is 0 Å². The molecule has 1 aliphatic heterocycles. The molecule has 0 aromatic carbocycles. The van der Waals surface area contributed by atoms with Gasteiger partial charge < -0.3 is 20.1 Å².